The Kier molecular flexibility index (Phi) is 10.8. The van der Waals surface area contributed by atoms with Gasteiger partial charge in [0.25, 0.3) is 0 Å². The van der Waals surface area contributed by atoms with Crippen LogP contribution in [0.5, 0.6) is 0 Å². The number of unbranched alkanes of at least 4 members (excludes halogenated alkanes) is 1. The second kappa shape index (κ2) is 13.3. The summed E-state index contributed by atoms with van der Waals surface area (Å²) in [6, 6.07) is 3.93. The van der Waals surface area contributed by atoms with Crippen molar-refractivity contribution in [1.82, 2.24) is 0 Å². The van der Waals surface area contributed by atoms with Crippen LogP contribution in [0.4, 0.5) is 0 Å². The average molecular weight is 438 g/mol. The average Bonchev–Trinajstić information content (AvgIpc) is 3.36. The number of carbonyl (C=O) groups excluding carboxylic acids is 1. The van der Waals surface area contributed by atoms with E-state index >= 15 is 0 Å². The van der Waals surface area contributed by atoms with Crippen LogP contribution >= 0.6 is 11.3 Å². The number of thiophene rings is 1. The fourth-order valence-electron chi connectivity index (χ4n) is 3.47. The zero-order valence-corrected chi connectivity index (χ0v) is 18.0. The third-order valence-corrected chi connectivity index (χ3v) is 5.94. The number of aliphatic hydroxyl groups is 2. The van der Waals surface area contributed by atoms with Gasteiger partial charge in [-0.2, -0.15) is 0 Å². The Morgan fingerprint density at radius 2 is 2.27 bits per heavy atom. The highest BCUT2D eigenvalue weighted by Gasteiger charge is 2.38. The normalized spacial score (nSPS) is 24.2. The van der Waals surface area contributed by atoms with E-state index in [4.69, 9.17) is 4.74 Å². The molecule has 7 nitrogen and oxygen atoms in total. The lowest BCUT2D eigenvalue weighted by molar-refractivity contribution is -0.140. The minimum atomic E-state index is -0.780. The molecular formula is C22H31NO6S. The smallest absolute Gasteiger partial charge is 0.305 e. The van der Waals surface area contributed by atoms with Crippen LogP contribution in [-0.4, -0.2) is 53.0 Å². The number of oxime groups is 1. The molecule has 166 valence electrons. The molecule has 4 atom stereocenters. The lowest BCUT2D eigenvalue weighted by atomic mass is 9.90. The minimum absolute atomic E-state index is 0.136. The number of ether oxygens (including phenoxy) is 2. The highest BCUT2D eigenvalue weighted by Crippen LogP contribution is 2.34. The molecule has 2 rings (SSSR count). The van der Waals surface area contributed by atoms with Crippen molar-refractivity contribution in [2.75, 3.05) is 13.7 Å². The van der Waals surface area contributed by atoms with Gasteiger partial charge in [-0.15, -0.1) is 11.3 Å². The molecule has 1 aliphatic carbocycles. The highest BCUT2D eigenvalue weighted by atomic mass is 32.1. The monoisotopic (exact) mass is 437 g/mol. The number of methoxy groups -OCH3 is 1. The zero-order valence-electron chi connectivity index (χ0n) is 17.2. The lowest BCUT2D eigenvalue weighted by Gasteiger charge is -2.18. The van der Waals surface area contributed by atoms with Gasteiger partial charge in [0.2, 0.25) is 0 Å². The Hall–Kier alpha value is -2.00. The minimum Gasteiger partial charge on any atom is -0.469 e. The van der Waals surface area contributed by atoms with Gasteiger partial charge in [-0.25, -0.2) is 0 Å². The maximum Gasteiger partial charge on any atom is 0.305 e. The highest BCUT2D eigenvalue weighted by molar-refractivity contribution is 7.09. The molecule has 0 unspecified atom stereocenters. The van der Waals surface area contributed by atoms with Crippen LogP contribution in [0, 0.1) is 11.8 Å². The molecule has 1 saturated carbocycles. The Balaban J connectivity index is 1.82. The summed E-state index contributed by atoms with van der Waals surface area (Å²) >= 11 is 1.60. The van der Waals surface area contributed by atoms with E-state index in [1.165, 1.54) is 7.11 Å². The summed E-state index contributed by atoms with van der Waals surface area (Å²) < 4.78 is 10.1. The summed E-state index contributed by atoms with van der Waals surface area (Å²) in [6.45, 7) is 0.623. The van der Waals surface area contributed by atoms with Crippen LogP contribution in [0.25, 0.3) is 0 Å². The van der Waals surface area contributed by atoms with Crippen LogP contribution in [0.3, 0.4) is 0 Å². The molecule has 1 aromatic heterocycles. The van der Waals surface area contributed by atoms with Crippen LogP contribution in [0.1, 0.15) is 37.0 Å². The van der Waals surface area contributed by atoms with Crippen LogP contribution < -0.4 is 0 Å². The quantitative estimate of drug-likeness (QED) is 0.152. The number of hydrogen-bond acceptors (Lipinski definition) is 8. The van der Waals surface area contributed by atoms with E-state index in [2.05, 4.69) is 9.89 Å². The first kappa shape index (κ1) is 24.3. The Bertz CT molecular complexity index is 715. The van der Waals surface area contributed by atoms with Crippen LogP contribution in [0.2, 0.25) is 0 Å². The molecule has 3 N–H and O–H groups in total. The van der Waals surface area contributed by atoms with Gasteiger partial charge in [-0.3, -0.25) is 4.79 Å². The molecule has 0 bridgehead atoms. The fraction of sp³-hybridized carbons (Fsp3) is 0.545. The molecule has 1 heterocycles. The van der Waals surface area contributed by atoms with Crippen molar-refractivity contribution in [2.45, 2.75) is 50.9 Å². The molecule has 1 aliphatic rings. The van der Waals surface area contributed by atoms with Crippen molar-refractivity contribution in [1.29, 1.82) is 0 Å². The number of esters is 1. The second-order valence-corrected chi connectivity index (χ2v) is 8.31. The van der Waals surface area contributed by atoms with Gasteiger partial charge in [-0.05, 0) is 30.7 Å². The third-order valence-electron chi connectivity index (χ3n) is 5.09. The summed E-state index contributed by atoms with van der Waals surface area (Å²) in [5.41, 5.74) is 0.509. The van der Waals surface area contributed by atoms with E-state index < -0.39 is 12.2 Å². The van der Waals surface area contributed by atoms with Crippen LogP contribution in [-0.2, 0) is 20.9 Å². The summed E-state index contributed by atoms with van der Waals surface area (Å²) in [5.74, 6) is -0.610. The van der Waals surface area contributed by atoms with E-state index in [9.17, 15) is 20.2 Å². The first-order valence-electron chi connectivity index (χ1n) is 10.1. The van der Waals surface area contributed by atoms with Gasteiger partial charge in [0, 0.05) is 29.6 Å². The van der Waals surface area contributed by atoms with E-state index in [-0.39, 0.29) is 24.4 Å². The predicted octanol–water partition coefficient (Wildman–Crippen LogP) is 3.30. The Labute approximate surface area is 181 Å². The predicted molar refractivity (Wildman–Crippen MR) is 116 cm³/mol. The number of nitrogens with zero attached hydrogens (tertiary/aromatic N) is 1. The van der Waals surface area contributed by atoms with Crippen molar-refractivity contribution in [3.8, 4) is 0 Å². The molecule has 0 aromatic carbocycles. The topological polar surface area (TPSA) is 109 Å². The second-order valence-electron chi connectivity index (χ2n) is 7.27. The van der Waals surface area contributed by atoms with Gasteiger partial charge in [-0.1, -0.05) is 35.5 Å². The molecule has 0 radical (unpaired) electrons. The van der Waals surface area contributed by atoms with Crippen LogP contribution in [0.15, 0.2) is 47.0 Å². The Morgan fingerprint density at radius 3 is 2.97 bits per heavy atom. The van der Waals surface area contributed by atoms with Gasteiger partial charge < -0.3 is 24.9 Å². The Morgan fingerprint density at radius 1 is 1.43 bits per heavy atom. The van der Waals surface area contributed by atoms with Gasteiger partial charge in [0.05, 0.1) is 38.2 Å². The first-order valence-corrected chi connectivity index (χ1v) is 11.0. The molecule has 0 saturated heterocycles. The molecule has 8 heteroatoms. The van der Waals surface area contributed by atoms with Crippen molar-refractivity contribution in [2.24, 2.45) is 17.0 Å². The van der Waals surface area contributed by atoms with Crippen molar-refractivity contribution >= 4 is 23.0 Å². The summed E-state index contributed by atoms with van der Waals surface area (Å²) in [6.07, 6.45) is 8.75. The third kappa shape index (κ3) is 8.02. The molecule has 1 aromatic rings. The van der Waals surface area contributed by atoms with Gasteiger partial charge in [0.15, 0.2) is 0 Å². The summed E-state index contributed by atoms with van der Waals surface area (Å²) in [5, 5.41) is 35.2. The number of hydrogen-bond donors (Lipinski definition) is 3. The standard InChI is InChI=1S/C22H31NO6S/c1-28-22(26)9-5-3-2-4-8-19-18(20(23-27)13-21(19)25)11-10-16(24)14-29-15-17-7-6-12-30-17/h2,4,6-7,10-12,16,18-19,21,24-25,27H,3,5,8-9,13-15H2,1H3/b4-2-,11-10+,23-20-/t16-,18-,19-,21+/m1/s1. The van der Waals surface area contributed by atoms with Crippen molar-refractivity contribution < 1.29 is 29.7 Å². The lowest BCUT2D eigenvalue weighted by Crippen LogP contribution is -2.19. The molecule has 1 fully saturated rings. The molecule has 0 aliphatic heterocycles. The maximum atomic E-state index is 11.1. The van der Waals surface area contributed by atoms with E-state index in [1.54, 1.807) is 23.5 Å². The SMILES string of the molecule is COC(=O)CCC/C=C\C[C@H]1[C@@H](O)C/C(=N/O)[C@@H]1/C=C/[C@@H](O)COCc1cccs1. The largest absolute Gasteiger partial charge is 0.469 e. The zero-order chi connectivity index (χ0) is 21.8. The van der Waals surface area contributed by atoms with E-state index in [0.29, 0.717) is 38.0 Å². The molecule has 0 spiro atoms. The van der Waals surface area contributed by atoms with E-state index in [1.807, 2.05) is 29.7 Å². The molecule has 30 heavy (non-hydrogen) atoms. The van der Waals surface area contributed by atoms with Crippen molar-refractivity contribution in [3.63, 3.8) is 0 Å². The number of allylic oxidation sites excluding steroid dienone is 3. The van der Waals surface area contributed by atoms with Gasteiger partial charge in [0.1, 0.15) is 0 Å². The maximum absolute atomic E-state index is 11.1. The van der Waals surface area contributed by atoms with E-state index in [0.717, 1.165) is 11.3 Å². The number of rotatable bonds is 12. The fourth-order valence-corrected chi connectivity index (χ4v) is 4.11. The summed E-state index contributed by atoms with van der Waals surface area (Å²) in [4.78, 5) is 12.2. The summed E-state index contributed by atoms with van der Waals surface area (Å²) in [7, 11) is 1.38. The van der Waals surface area contributed by atoms with Gasteiger partial charge >= 0.3 is 5.97 Å². The molecular weight excluding hydrogens is 406 g/mol. The number of carbonyl (C=O) groups is 1. The molecule has 0 amide bonds. The first-order chi connectivity index (χ1) is 14.5. The van der Waals surface area contributed by atoms with Crippen molar-refractivity contribution in [3.05, 3.63) is 46.7 Å². The number of aliphatic hydroxyl groups excluding tert-OH is 2.